The number of hydrogen-bond acceptors (Lipinski definition) is 2. The van der Waals surface area contributed by atoms with E-state index in [2.05, 4.69) is 45.0 Å². The van der Waals surface area contributed by atoms with Gasteiger partial charge in [-0.15, -0.1) is 11.8 Å². The number of thioether (sulfide) groups is 1. The number of hydrogen-bond donors (Lipinski definition) is 1. The molecule has 1 saturated carbocycles. The predicted molar refractivity (Wildman–Crippen MR) is 83.6 cm³/mol. The van der Waals surface area contributed by atoms with Crippen molar-refractivity contribution in [2.45, 2.75) is 51.0 Å². The van der Waals surface area contributed by atoms with Crippen LogP contribution in [0, 0.1) is 24.7 Å². The second kappa shape index (κ2) is 6.81. The Morgan fingerprint density at radius 1 is 1.11 bits per heavy atom. The lowest BCUT2D eigenvalue weighted by Crippen LogP contribution is -2.30. The minimum absolute atomic E-state index is 0.156. The first kappa shape index (κ1) is 14.9. The van der Waals surface area contributed by atoms with Crippen molar-refractivity contribution in [2.75, 3.05) is 5.75 Å². The molecule has 0 radical (unpaired) electrons. The van der Waals surface area contributed by atoms with E-state index in [0.29, 0.717) is 5.92 Å². The molecular formula is C17H26OS. The van der Waals surface area contributed by atoms with Gasteiger partial charge in [0, 0.05) is 10.6 Å². The van der Waals surface area contributed by atoms with Gasteiger partial charge in [0.15, 0.2) is 0 Å². The van der Waals surface area contributed by atoms with Gasteiger partial charge in [-0.1, -0.05) is 31.5 Å². The molecule has 0 aliphatic heterocycles. The zero-order valence-corrected chi connectivity index (χ0v) is 13.1. The summed E-state index contributed by atoms with van der Waals surface area (Å²) < 4.78 is 0. The van der Waals surface area contributed by atoms with Gasteiger partial charge in [0.25, 0.3) is 0 Å². The van der Waals surface area contributed by atoms with Crippen LogP contribution in [0.4, 0.5) is 0 Å². The molecule has 1 aromatic carbocycles. The van der Waals surface area contributed by atoms with Gasteiger partial charge < -0.3 is 5.11 Å². The summed E-state index contributed by atoms with van der Waals surface area (Å²) in [5.41, 5.74) is 1.29. The third-order valence-corrected chi connectivity index (χ3v) is 5.31. The Balaban J connectivity index is 1.83. The zero-order valence-electron chi connectivity index (χ0n) is 12.3. The van der Waals surface area contributed by atoms with E-state index in [1.54, 1.807) is 11.8 Å². The van der Waals surface area contributed by atoms with Crippen LogP contribution in [0.1, 0.15) is 38.7 Å². The highest BCUT2D eigenvalue weighted by atomic mass is 32.2. The SMILES string of the molecule is Cc1ccc(SCC(O)C2CC(C)CC(C)C2)cc1. The van der Waals surface area contributed by atoms with E-state index in [1.807, 2.05) is 0 Å². The molecule has 1 aromatic rings. The lowest BCUT2D eigenvalue weighted by molar-refractivity contribution is 0.0723. The summed E-state index contributed by atoms with van der Waals surface area (Å²) in [6, 6.07) is 8.58. The third kappa shape index (κ3) is 4.54. The Kier molecular flexibility index (Phi) is 5.35. The van der Waals surface area contributed by atoms with Crippen LogP contribution in [0.15, 0.2) is 29.2 Å². The van der Waals surface area contributed by atoms with Gasteiger partial charge in [-0.25, -0.2) is 0 Å². The van der Waals surface area contributed by atoms with Crippen LogP contribution in [0.25, 0.3) is 0 Å². The third-order valence-electron chi connectivity index (χ3n) is 4.20. The molecule has 0 amide bonds. The van der Waals surface area contributed by atoms with Crippen LogP contribution >= 0.6 is 11.8 Å². The second-order valence-electron chi connectivity index (χ2n) is 6.37. The number of aliphatic hydroxyl groups excluding tert-OH is 1. The van der Waals surface area contributed by atoms with Crippen LogP contribution in [-0.4, -0.2) is 17.0 Å². The fourth-order valence-electron chi connectivity index (χ4n) is 3.28. The minimum Gasteiger partial charge on any atom is -0.392 e. The minimum atomic E-state index is -0.156. The average Bonchev–Trinajstić information content (AvgIpc) is 2.36. The molecule has 106 valence electrons. The first-order valence-corrected chi connectivity index (χ1v) is 8.40. The average molecular weight is 278 g/mol. The largest absolute Gasteiger partial charge is 0.392 e. The van der Waals surface area contributed by atoms with Crippen molar-refractivity contribution in [1.82, 2.24) is 0 Å². The van der Waals surface area contributed by atoms with Crippen molar-refractivity contribution in [2.24, 2.45) is 17.8 Å². The van der Waals surface area contributed by atoms with E-state index in [4.69, 9.17) is 0 Å². The summed E-state index contributed by atoms with van der Waals surface area (Å²) in [5, 5.41) is 10.4. The van der Waals surface area contributed by atoms with Crippen LogP contribution in [-0.2, 0) is 0 Å². The molecule has 0 aromatic heterocycles. The van der Waals surface area contributed by atoms with Crippen molar-refractivity contribution in [1.29, 1.82) is 0 Å². The summed E-state index contributed by atoms with van der Waals surface area (Å²) in [6.45, 7) is 6.75. The monoisotopic (exact) mass is 278 g/mol. The van der Waals surface area contributed by atoms with Crippen molar-refractivity contribution in [3.05, 3.63) is 29.8 Å². The molecule has 0 heterocycles. The van der Waals surface area contributed by atoms with Crippen LogP contribution < -0.4 is 0 Å². The van der Waals surface area contributed by atoms with E-state index >= 15 is 0 Å². The fourth-order valence-corrected chi connectivity index (χ4v) is 4.24. The number of aliphatic hydroxyl groups is 1. The summed E-state index contributed by atoms with van der Waals surface area (Å²) in [5.74, 6) is 2.87. The number of rotatable bonds is 4. The normalized spacial score (nSPS) is 29.2. The molecule has 2 rings (SSSR count). The molecule has 19 heavy (non-hydrogen) atoms. The second-order valence-corrected chi connectivity index (χ2v) is 7.46. The quantitative estimate of drug-likeness (QED) is 0.817. The maximum absolute atomic E-state index is 10.4. The van der Waals surface area contributed by atoms with E-state index < -0.39 is 0 Å². The smallest absolute Gasteiger partial charge is 0.0662 e. The summed E-state index contributed by atoms with van der Waals surface area (Å²) >= 11 is 1.78. The highest BCUT2D eigenvalue weighted by Gasteiger charge is 2.28. The summed E-state index contributed by atoms with van der Waals surface area (Å²) in [7, 11) is 0. The lowest BCUT2D eigenvalue weighted by Gasteiger charge is -2.34. The van der Waals surface area contributed by atoms with Crippen molar-refractivity contribution < 1.29 is 5.11 Å². The lowest BCUT2D eigenvalue weighted by atomic mass is 9.75. The zero-order chi connectivity index (χ0) is 13.8. The van der Waals surface area contributed by atoms with Gasteiger partial charge in [0.2, 0.25) is 0 Å². The van der Waals surface area contributed by atoms with Crippen LogP contribution in [0.3, 0.4) is 0 Å². The molecule has 1 aliphatic rings. The van der Waals surface area contributed by atoms with E-state index in [1.165, 1.54) is 29.7 Å². The standard InChI is InChI=1S/C17H26OS/c1-12-4-6-16(7-5-12)19-11-17(18)15-9-13(2)8-14(3)10-15/h4-7,13-15,17-18H,8-11H2,1-3H3. The Bertz CT molecular complexity index is 377. The molecule has 1 nitrogen and oxygen atoms in total. The molecule has 0 bridgehead atoms. The van der Waals surface area contributed by atoms with Gasteiger partial charge >= 0.3 is 0 Å². The molecule has 1 N–H and O–H groups in total. The van der Waals surface area contributed by atoms with Gasteiger partial charge in [-0.05, 0) is 56.1 Å². The van der Waals surface area contributed by atoms with Gasteiger partial charge in [-0.3, -0.25) is 0 Å². The molecule has 0 saturated heterocycles. The Morgan fingerprint density at radius 3 is 2.26 bits per heavy atom. The first-order chi connectivity index (χ1) is 9.04. The van der Waals surface area contributed by atoms with E-state index in [-0.39, 0.29) is 6.10 Å². The summed E-state index contributed by atoms with van der Waals surface area (Å²) in [6.07, 6.45) is 3.56. The molecular weight excluding hydrogens is 252 g/mol. The van der Waals surface area contributed by atoms with Gasteiger partial charge in [0.1, 0.15) is 0 Å². The fraction of sp³-hybridized carbons (Fsp3) is 0.647. The molecule has 0 spiro atoms. The highest BCUT2D eigenvalue weighted by molar-refractivity contribution is 7.99. The van der Waals surface area contributed by atoms with Crippen molar-refractivity contribution >= 4 is 11.8 Å². The van der Waals surface area contributed by atoms with Crippen LogP contribution in [0.2, 0.25) is 0 Å². The van der Waals surface area contributed by atoms with Gasteiger partial charge in [-0.2, -0.15) is 0 Å². The van der Waals surface area contributed by atoms with Crippen LogP contribution in [0.5, 0.6) is 0 Å². The Hall–Kier alpha value is -0.470. The van der Waals surface area contributed by atoms with E-state index in [9.17, 15) is 5.11 Å². The molecule has 1 aliphatic carbocycles. The summed E-state index contributed by atoms with van der Waals surface area (Å²) in [4.78, 5) is 1.27. The topological polar surface area (TPSA) is 20.2 Å². The molecule has 2 heteroatoms. The van der Waals surface area contributed by atoms with E-state index in [0.717, 1.165) is 17.6 Å². The number of aryl methyl sites for hydroxylation is 1. The molecule has 1 fully saturated rings. The first-order valence-electron chi connectivity index (χ1n) is 7.42. The maximum Gasteiger partial charge on any atom is 0.0662 e. The predicted octanol–water partition coefficient (Wildman–Crippen LogP) is 4.52. The molecule has 3 atom stereocenters. The number of benzene rings is 1. The van der Waals surface area contributed by atoms with Crippen molar-refractivity contribution in [3.63, 3.8) is 0 Å². The maximum atomic E-state index is 10.4. The van der Waals surface area contributed by atoms with Gasteiger partial charge in [0.05, 0.1) is 6.10 Å². The molecule has 3 unspecified atom stereocenters. The van der Waals surface area contributed by atoms with Crippen molar-refractivity contribution in [3.8, 4) is 0 Å². The highest BCUT2D eigenvalue weighted by Crippen LogP contribution is 2.36. The Labute approximate surface area is 121 Å². The Morgan fingerprint density at radius 2 is 1.68 bits per heavy atom.